The van der Waals surface area contributed by atoms with Gasteiger partial charge in [-0.15, -0.1) is 0 Å². The van der Waals surface area contributed by atoms with Gasteiger partial charge in [-0.25, -0.2) is 0 Å². The molecule has 0 bridgehead atoms. The van der Waals surface area contributed by atoms with E-state index < -0.39 is 0 Å². The van der Waals surface area contributed by atoms with E-state index in [0.717, 1.165) is 38.0 Å². The number of hydrogen-bond acceptors (Lipinski definition) is 2. The first-order valence-electron chi connectivity index (χ1n) is 9.64. The Balaban J connectivity index is 2.14. The fraction of sp³-hybridized carbons (Fsp3) is 0.619. The van der Waals surface area contributed by atoms with Crippen LogP contribution in [0.25, 0.3) is 0 Å². The zero-order chi connectivity index (χ0) is 18.4. The topological polar surface area (TPSA) is 40.6 Å². The van der Waals surface area contributed by atoms with Gasteiger partial charge in [0.05, 0.1) is 0 Å². The fourth-order valence-corrected chi connectivity index (χ4v) is 3.77. The van der Waals surface area contributed by atoms with Crippen LogP contribution in [0.5, 0.6) is 0 Å². The molecule has 1 fully saturated rings. The van der Waals surface area contributed by atoms with E-state index in [1.807, 2.05) is 9.80 Å². The summed E-state index contributed by atoms with van der Waals surface area (Å²) in [5.74, 6) is 0.759. The third-order valence-electron chi connectivity index (χ3n) is 5.17. The number of piperidine rings is 1. The first-order chi connectivity index (χ1) is 12.0. The molecule has 0 N–H and O–H groups in total. The van der Waals surface area contributed by atoms with Crippen LogP contribution >= 0.6 is 0 Å². The van der Waals surface area contributed by atoms with Crippen molar-refractivity contribution in [3.63, 3.8) is 0 Å². The molecule has 2 rings (SSSR count). The quantitative estimate of drug-likeness (QED) is 0.787. The molecule has 0 radical (unpaired) electrons. The van der Waals surface area contributed by atoms with Crippen molar-refractivity contribution in [3.8, 4) is 0 Å². The maximum Gasteiger partial charge on any atom is 0.224 e. The fourth-order valence-electron chi connectivity index (χ4n) is 3.77. The summed E-state index contributed by atoms with van der Waals surface area (Å²) < 4.78 is 0. The Bertz CT molecular complexity index is 590. The summed E-state index contributed by atoms with van der Waals surface area (Å²) >= 11 is 0. The van der Waals surface area contributed by atoms with E-state index in [2.05, 4.69) is 39.0 Å². The highest BCUT2D eigenvalue weighted by Gasteiger charge is 2.23. The Morgan fingerprint density at radius 3 is 2.36 bits per heavy atom. The van der Waals surface area contributed by atoms with E-state index in [1.165, 1.54) is 17.5 Å². The lowest BCUT2D eigenvalue weighted by Crippen LogP contribution is -2.41. The normalized spacial score (nSPS) is 17.4. The van der Waals surface area contributed by atoms with Crippen molar-refractivity contribution >= 4 is 17.5 Å². The van der Waals surface area contributed by atoms with Crippen LogP contribution < -0.4 is 4.90 Å². The first-order valence-corrected chi connectivity index (χ1v) is 9.64. The van der Waals surface area contributed by atoms with Crippen molar-refractivity contribution in [1.29, 1.82) is 0 Å². The molecule has 1 aliphatic rings. The molecule has 1 aromatic carbocycles. The van der Waals surface area contributed by atoms with Gasteiger partial charge in [0.1, 0.15) is 0 Å². The molecule has 25 heavy (non-hydrogen) atoms. The Kier molecular flexibility index (Phi) is 7.03. The van der Waals surface area contributed by atoms with Crippen LogP contribution in [-0.4, -0.2) is 36.3 Å². The summed E-state index contributed by atoms with van der Waals surface area (Å²) in [4.78, 5) is 28.7. The van der Waals surface area contributed by atoms with Gasteiger partial charge in [-0.3, -0.25) is 9.59 Å². The van der Waals surface area contributed by atoms with Gasteiger partial charge >= 0.3 is 0 Å². The molecule has 0 aromatic heterocycles. The summed E-state index contributed by atoms with van der Waals surface area (Å²) in [6, 6.07) is 6.22. The average molecular weight is 344 g/mol. The molecular formula is C21H32N2O2. The summed E-state index contributed by atoms with van der Waals surface area (Å²) in [6.45, 7) is 10.2. The zero-order valence-corrected chi connectivity index (χ0v) is 16.2. The molecule has 2 amide bonds. The van der Waals surface area contributed by atoms with Gasteiger partial charge in [-0.1, -0.05) is 39.0 Å². The van der Waals surface area contributed by atoms with Crippen molar-refractivity contribution in [2.24, 2.45) is 5.92 Å². The number of aryl methyl sites for hydroxylation is 2. The minimum Gasteiger partial charge on any atom is -0.342 e. The van der Waals surface area contributed by atoms with Gasteiger partial charge in [-0.05, 0) is 42.7 Å². The molecule has 1 aromatic rings. The van der Waals surface area contributed by atoms with E-state index in [1.54, 1.807) is 6.92 Å². The van der Waals surface area contributed by atoms with Gasteiger partial charge < -0.3 is 9.80 Å². The zero-order valence-electron chi connectivity index (χ0n) is 16.2. The minimum absolute atomic E-state index is 0.00964. The standard InChI is InChI=1S/C21H32N2O2/c1-5-18-10-7-11-19(6-2)21(18)23(17(4)24)14-12-20(25)22-13-8-9-16(3)15-22/h7,10-11,16H,5-6,8-9,12-15H2,1-4H3. The molecule has 4 nitrogen and oxygen atoms in total. The summed E-state index contributed by atoms with van der Waals surface area (Å²) in [7, 11) is 0. The molecule has 0 spiro atoms. The van der Waals surface area contributed by atoms with Crippen LogP contribution in [-0.2, 0) is 22.4 Å². The van der Waals surface area contributed by atoms with Crippen molar-refractivity contribution in [1.82, 2.24) is 4.90 Å². The molecule has 0 aliphatic carbocycles. The molecule has 138 valence electrons. The summed E-state index contributed by atoms with van der Waals surface area (Å²) in [5.41, 5.74) is 3.36. The molecule has 1 aliphatic heterocycles. The Morgan fingerprint density at radius 1 is 1.20 bits per heavy atom. The van der Waals surface area contributed by atoms with E-state index >= 15 is 0 Å². The van der Waals surface area contributed by atoms with Gasteiger partial charge in [0.2, 0.25) is 11.8 Å². The second kappa shape index (κ2) is 9.02. The highest BCUT2D eigenvalue weighted by molar-refractivity contribution is 5.94. The van der Waals surface area contributed by atoms with E-state index in [9.17, 15) is 9.59 Å². The minimum atomic E-state index is 0.00964. The number of benzene rings is 1. The highest BCUT2D eigenvalue weighted by atomic mass is 16.2. The maximum atomic E-state index is 12.6. The summed E-state index contributed by atoms with van der Waals surface area (Å²) in [6.07, 6.45) is 4.44. The average Bonchev–Trinajstić information content (AvgIpc) is 2.61. The second-order valence-electron chi connectivity index (χ2n) is 7.14. The number of amides is 2. The molecule has 1 saturated heterocycles. The lowest BCUT2D eigenvalue weighted by molar-refractivity contribution is -0.132. The number of rotatable bonds is 6. The number of carbonyl (C=O) groups is 2. The van der Waals surface area contributed by atoms with E-state index in [-0.39, 0.29) is 11.8 Å². The van der Waals surface area contributed by atoms with Crippen LogP contribution in [0, 0.1) is 5.92 Å². The molecule has 1 heterocycles. The van der Waals surface area contributed by atoms with Gasteiger partial charge in [0.15, 0.2) is 0 Å². The number of para-hydroxylation sites is 1. The highest BCUT2D eigenvalue weighted by Crippen LogP contribution is 2.27. The molecular weight excluding hydrogens is 312 g/mol. The third kappa shape index (κ3) is 4.83. The largest absolute Gasteiger partial charge is 0.342 e. The van der Waals surface area contributed by atoms with Crippen LogP contribution in [0.2, 0.25) is 0 Å². The predicted molar refractivity (Wildman–Crippen MR) is 103 cm³/mol. The summed E-state index contributed by atoms with van der Waals surface area (Å²) in [5, 5.41) is 0. The van der Waals surface area contributed by atoms with Crippen LogP contribution in [0.3, 0.4) is 0 Å². The monoisotopic (exact) mass is 344 g/mol. The van der Waals surface area contributed by atoms with Crippen LogP contribution in [0.15, 0.2) is 18.2 Å². The third-order valence-corrected chi connectivity index (χ3v) is 5.17. The number of carbonyl (C=O) groups excluding carboxylic acids is 2. The first kappa shape index (κ1) is 19.5. The molecule has 0 saturated carbocycles. The SMILES string of the molecule is CCc1cccc(CC)c1N(CCC(=O)N1CCCC(C)C1)C(C)=O. The van der Waals surface area contributed by atoms with Crippen molar-refractivity contribution in [3.05, 3.63) is 29.3 Å². The van der Waals surface area contributed by atoms with Crippen LogP contribution in [0.4, 0.5) is 5.69 Å². The Hall–Kier alpha value is -1.84. The maximum absolute atomic E-state index is 12.6. The molecule has 1 atom stereocenters. The number of likely N-dealkylation sites (tertiary alicyclic amines) is 1. The van der Waals surface area contributed by atoms with Crippen molar-refractivity contribution in [2.75, 3.05) is 24.5 Å². The van der Waals surface area contributed by atoms with Crippen molar-refractivity contribution in [2.45, 2.75) is 59.8 Å². The second-order valence-corrected chi connectivity index (χ2v) is 7.14. The van der Waals surface area contributed by atoms with Crippen molar-refractivity contribution < 1.29 is 9.59 Å². The van der Waals surface area contributed by atoms with Gasteiger partial charge in [-0.2, -0.15) is 0 Å². The molecule has 4 heteroatoms. The smallest absolute Gasteiger partial charge is 0.224 e. The van der Waals surface area contributed by atoms with E-state index in [0.29, 0.717) is 18.9 Å². The number of anilines is 1. The van der Waals surface area contributed by atoms with Gasteiger partial charge in [0.25, 0.3) is 0 Å². The number of hydrogen-bond donors (Lipinski definition) is 0. The number of nitrogens with zero attached hydrogens (tertiary/aromatic N) is 2. The molecule has 1 unspecified atom stereocenters. The lowest BCUT2D eigenvalue weighted by Gasteiger charge is -2.32. The van der Waals surface area contributed by atoms with Crippen LogP contribution in [0.1, 0.15) is 58.1 Å². The van der Waals surface area contributed by atoms with Gasteiger partial charge in [0, 0.05) is 38.7 Å². The Labute approximate surface area is 152 Å². The van der Waals surface area contributed by atoms with E-state index in [4.69, 9.17) is 0 Å². The lowest BCUT2D eigenvalue weighted by atomic mass is 10.00. The predicted octanol–water partition coefficient (Wildman–Crippen LogP) is 3.81. The Morgan fingerprint density at radius 2 is 1.84 bits per heavy atom.